The zero-order valence-electron chi connectivity index (χ0n) is 17.0. The van der Waals surface area contributed by atoms with Gasteiger partial charge in [0.1, 0.15) is 12.2 Å². The fraction of sp³-hybridized carbons (Fsp3) is 0.385. The topological polar surface area (TPSA) is 34.3 Å². The van der Waals surface area contributed by atoms with Crippen molar-refractivity contribution < 1.29 is 14.2 Å². The predicted octanol–water partition coefficient (Wildman–Crippen LogP) is 5.09. The Kier molecular flexibility index (Phi) is 6.60. The summed E-state index contributed by atoms with van der Waals surface area (Å²) in [6.45, 7) is 9.25. The van der Waals surface area contributed by atoms with Crippen LogP contribution in [-0.2, 0) is 27.1 Å². The zero-order chi connectivity index (χ0) is 20.1. The minimum Gasteiger partial charge on any atom is -0.370 e. The van der Waals surface area contributed by atoms with Crippen LogP contribution in [-0.4, -0.2) is 37.6 Å². The summed E-state index contributed by atoms with van der Waals surface area (Å²) in [5.41, 5.74) is 4.95. The molecule has 0 bridgehead atoms. The fourth-order valence-corrected chi connectivity index (χ4v) is 3.71. The Labute approximate surface area is 174 Å². The lowest BCUT2D eigenvalue weighted by Crippen LogP contribution is -2.31. The molecule has 2 fully saturated rings. The quantitative estimate of drug-likeness (QED) is 0.474. The summed E-state index contributed by atoms with van der Waals surface area (Å²) in [5, 5.41) is 0. The molecule has 4 rings (SSSR count). The molecule has 29 heavy (non-hydrogen) atoms. The van der Waals surface area contributed by atoms with E-state index in [1.807, 2.05) is 12.2 Å². The summed E-state index contributed by atoms with van der Waals surface area (Å²) in [6, 6.07) is 17.2. The van der Waals surface area contributed by atoms with Crippen molar-refractivity contribution in [2.75, 3.05) is 13.2 Å². The van der Waals surface area contributed by atoms with Crippen molar-refractivity contribution in [1.82, 2.24) is 0 Å². The standard InChI is InChI=1S/C26H30O3/c1-3-19-5-9-21(10-6-19)13-15-23(25-17-27-25)29-24(26-18-28-26)16-14-22-11-7-20(4-2)8-12-22/h3-12,23-26H,1-2,13-18H2. The first-order valence-electron chi connectivity index (χ1n) is 10.6. The molecule has 2 heterocycles. The molecule has 4 unspecified atom stereocenters. The van der Waals surface area contributed by atoms with Crippen molar-refractivity contribution >= 4 is 12.2 Å². The monoisotopic (exact) mass is 390 g/mol. The molecule has 2 aliphatic rings. The maximum atomic E-state index is 6.55. The molecule has 152 valence electrons. The highest BCUT2D eigenvalue weighted by molar-refractivity contribution is 5.47. The lowest BCUT2D eigenvalue weighted by molar-refractivity contribution is -0.0446. The number of aryl methyl sites for hydroxylation is 2. The molecule has 0 N–H and O–H groups in total. The Morgan fingerprint density at radius 2 is 1.14 bits per heavy atom. The van der Waals surface area contributed by atoms with Crippen LogP contribution in [0.2, 0.25) is 0 Å². The summed E-state index contributed by atoms with van der Waals surface area (Å²) in [5.74, 6) is 0. The van der Waals surface area contributed by atoms with E-state index in [0.717, 1.165) is 50.0 Å². The summed E-state index contributed by atoms with van der Waals surface area (Å²) >= 11 is 0. The molecule has 0 amide bonds. The van der Waals surface area contributed by atoms with Gasteiger partial charge in [0.05, 0.1) is 25.4 Å². The minimum absolute atomic E-state index is 0.131. The Bertz CT molecular complexity index is 731. The van der Waals surface area contributed by atoms with Gasteiger partial charge in [-0.15, -0.1) is 0 Å². The number of epoxide rings is 2. The number of hydrogen-bond acceptors (Lipinski definition) is 3. The molecule has 2 aliphatic heterocycles. The van der Waals surface area contributed by atoms with Crippen LogP contribution in [0.25, 0.3) is 12.2 Å². The van der Waals surface area contributed by atoms with Crippen molar-refractivity contribution in [2.24, 2.45) is 0 Å². The first kappa shape index (κ1) is 20.1. The van der Waals surface area contributed by atoms with E-state index in [9.17, 15) is 0 Å². The maximum Gasteiger partial charge on any atom is 0.107 e. The largest absolute Gasteiger partial charge is 0.370 e. The van der Waals surface area contributed by atoms with E-state index in [1.54, 1.807) is 0 Å². The van der Waals surface area contributed by atoms with Crippen molar-refractivity contribution in [1.29, 1.82) is 0 Å². The third kappa shape index (κ3) is 5.89. The van der Waals surface area contributed by atoms with E-state index in [4.69, 9.17) is 14.2 Å². The molecule has 4 atom stereocenters. The van der Waals surface area contributed by atoms with Crippen LogP contribution in [0.4, 0.5) is 0 Å². The molecule has 2 saturated heterocycles. The smallest absolute Gasteiger partial charge is 0.107 e. The van der Waals surface area contributed by atoms with E-state index in [0.29, 0.717) is 0 Å². The number of rotatable bonds is 12. The lowest BCUT2D eigenvalue weighted by Gasteiger charge is -2.23. The molecule has 2 aromatic rings. The first-order valence-corrected chi connectivity index (χ1v) is 10.6. The SMILES string of the molecule is C=Cc1ccc(CCC(OC(CCc2ccc(C=C)cc2)C2CO2)C2CO2)cc1. The molecule has 3 nitrogen and oxygen atoms in total. The highest BCUT2D eigenvalue weighted by atomic mass is 16.6. The van der Waals surface area contributed by atoms with Crippen molar-refractivity contribution in [3.63, 3.8) is 0 Å². The van der Waals surface area contributed by atoms with Gasteiger partial charge in [0.25, 0.3) is 0 Å². The fourth-order valence-electron chi connectivity index (χ4n) is 3.71. The van der Waals surface area contributed by atoms with Crippen LogP contribution < -0.4 is 0 Å². The van der Waals surface area contributed by atoms with Gasteiger partial charge in [-0.2, -0.15) is 0 Å². The van der Waals surface area contributed by atoms with Gasteiger partial charge in [-0.1, -0.05) is 73.8 Å². The molecule has 0 spiro atoms. The van der Waals surface area contributed by atoms with E-state index >= 15 is 0 Å². The molecule has 0 aliphatic carbocycles. The van der Waals surface area contributed by atoms with Crippen molar-refractivity contribution in [3.05, 3.63) is 83.9 Å². The van der Waals surface area contributed by atoms with Gasteiger partial charge in [0.2, 0.25) is 0 Å². The highest BCUT2D eigenvalue weighted by Gasteiger charge is 2.40. The van der Waals surface area contributed by atoms with Crippen molar-refractivity contribution in [2.45, 2.75) is 50.1 Å². The molecular formula is C26H30O3. The van der Waals surface area contributed by atoms with Gasteiger partial charge in [0, 0.05) is 0 Å². The molecule has 0 aromatic heterocycles. The summed E-state index contributed by atoms with van der Waals surface area (Å²) in [6.07, 6.45) is 8.39. The zero-order valence-corrected chi connectivity index (χ0v) is 17.0. The maximum absolute atomic E-state index is 6.55. The van der Waals surface area contributed by atoms with E-state index in [1.165, 1.54) is 11.1 Å². The number of ether oxygens (including phenoxy) is 3. The molecule has 2 aromatic carbocycles. The molecule has 3 heteroatoms. The lowest BCUT2D eigenvalue weighted by atomic mass is 10.0. The van der Waals surface area contributed by atoms with Gasteiger partial charge >= 0.3 is 0 Å². The average Bonchev–Trinajstić information content (AvgIpc) is 3.67. The predicted molar refractivity (Wildman–Crippen MR) is 118 cm³/mol. The van der Waals surface area contributed by atoms with Crippen molar-refractivity contribution in [3.8, 4) is 0 Å². The van der Waals surface area contributed by atoms with Crippen LogP contribution >= 0.6 is 0 Å². The summed E-state index contributed by atoms with van der Waals surface area (Å²) in [4.78, 5) is 0. The Morgan fingerprint density at radius 3 is 1.45 bits per heavy atom. The third-order valence-corrected chi connectivity index (χ3v) is 5.76. The average molecular weight is 391 g/mol. The van der Waals surface area contributed by atoms with Gasteiger partial charge < -0.3 is 14.2 Å². The minimum atomic E-state index is 0.131. The Balaban J connectivity index is 1.32. The normalized spacial score (nSPS) is 21.9. The summed E-state index contributed by atoms with van der Waals surface area (Å²) < 4.78 is 17.7. The van der Waals surface area contributed by atoms with Crippen LogP contribution in [0, 0.1) is 0 Å². The second kappa shape index (κ2) is 9.53. The van der Waals surface area contributed by atoms with E-state index < -0.39 is 0 Å². The number of hydrogen-bond donors (Lipinski definition) is 0. The summed E-state index contributed by atoms with van der Waals surface area (Å²) in [7, 11) is 0. The second-order valence-electron chi connectivity index (χ2n) is 7.93. The molecule has 0 radical (unpaired) electrons. The van der Waals surface area contributed by atoms with Gasteiger partial charge in [-0.25, -0.2) is 0 Å². The van der Waals surface area contributed by atoms with Crippen LogP contribution in [0.5, 0.6) is 0 Å². The Morgan fingerprint density at radius 1 is 0.759 bits per heavy atom. The van der Waals surface area contributed by atoms with Gasteiger partial charge in [-0.3, -0.25) is 0 Å². The number of benzene rings is 2. The first-order chi connectivity index (χ1) is 14.2. The van der Waals surface area contributed by atoms with Gasteiger partial charge in [-0.05, 0) is 47.9 Å². The highest BCUT2D eigenvalue weighted by Crippen LogP contribution is 2.29. The van der Waals surface area contributed by atoms with Crippen LogP contribution in [0.3, 0.4) is 0 Å². The van der Waals surface area contributed by atoms with E-state index in [-0.39, 0.29) is 24.4 Å². The van der Waals surface area contributed by atoms with Crippen LogP contribution in [0.1, 0.15) is 35.1 Å². The van der Waals surface area contributed by atoms with Crippen LogP contribution in [0.15, 0.2) is 61.7 Å². The van der Waals surface area contributed by atoms with E-state index in [2.05, 4.69) is 61.7 Å². The molecule has 0 saturated carbocycles. The Hall–Kier alpha value is -2.20. The molecular weight excluding hydrogens is 360 g/mol. The second-order valence-corrected chi connectivity index (χ2v) is 7.93. The third-order valence-electron chi connectivity index (χ3n) is 5.76. The van der Waals surface area contributed by atoms with Gasteiger partial charge in [0.15, 0.2) is 0 Å².